The normalized spacial score (nSPS) is 16.9. The van der Waals surface area contributed by atoms with Crippen LogP contribution in [-0.4, -0.2) is 50.2 Å². The van der Waals surface area contributed by atoms with Crippen LogP contribution in [0.4, 0.5) is 0 Å². The molecule has 124 valence electrons. The lowest BCUT2D eigenvalue weighted by molar-refractivity contribution is -0.146. The number of carbonyl (C=O) groups is 3. The maximum Gasteiger partial charge on any atom is 0.246 e. The molecule has 0 aliphatic carbocycles. The zero-order chi connectivity index (χ0) is 17.2. The zero-order valence-electron chi connectivity index (χ0n) is 12.7. The van der Waals surface area contributed by atoms with Gasteiger partial charge in [0.1, 0.15) is 13.1 Å². The van der Waals surface area contributed by atoms with Crippen molar-refractivity contribution in [3.8, 4) is 0 Å². The monoisotopic (exact) mass is 339 g/mol. The fourth-order valence-corrected chi connectivity index (χ4v) is 3.33. The second-order valence-electron chi connectivity index (χ2n) is 5.32. The van der Waals surface area contributed by atoms with Crippen molar-refractivity contribution in [2.45, 2.75) is 24.8 Å². The molecule has 9 heteroatoms. The Morgan fingerprint density at radius 2 is 1.70 bits per heavy atom. The Kier molecular flexibility index (Phi) is 4.81. The minimum atomic E-state index is -3.87. The lowest BCUT2D eigenvalue weighted by Gasteiger charge is -2.28. The van der Waals surface area contributed by atoms with Crippen LogP contribution in [-0.2, 0) is 24.4 Å². The highest BCUT2D eigenvalue weighted by Crippen LogP contribution is 2.11. The molecule has 1 fully saturated rings. The van der Waals surface area contributed by atoms with Crippen LogP contribution in [0.15, 0.2) is 29.2 Å². The number of benzene rings is 1. The molecule has 3 amide bonds. The van der Waals surface area contributed by atoms with E-state index in [2.05, 4.69) is 10.0 Å². The molecule has 0 spiro atoms. The molecule has 1 heterocycles. The van der Waals surface area contributed by atoms with E-state index in [0.29, 0.717) is 0 Å². The molecule has 1 saturated heterocycles. The van der Waals surface area contributed by atoms with Crippen molar-refractivity contribution in [1.29, 1.82) is 0 Å². The summed E-state index contributed by atoms with van der Waals surface area (Å²) in [6.45, 7) is 2.64. The van der Waals surface area contributed by atoms with Crippen LogP contribution >= 0.6 is 0 Å². The lowest BCUT2D eigenvalue weighted by Crippen LogP contribution is -2.57. The maximum absolute atomic E-state index is 12.2. The molecule has 0 bridgehead atoms. The molecular formula is C14H17N3O5S. The summed E-state index contributed by atoms with van der Waals surface area (Å²) in [7, 11) is -3.87. The van der Waals surface area contributed by atoms with Crippen molar-refractivity contribution in [3.63, 3.8) is 0 Å². The first-order chi connectivity index (χ1) is 10.7. The van der Waals surface area contributed by atoms with E-state index in [1.54, 1.807) is 12.1 Å². The number of hydrogen-bond acceptors (Lipinski definition) is 5. The summed E-state index contributed by atoms with van der Waals surface area (Å²) in [6.07, 6.45) is 0. The van der Waals surface area contributed by atoms with Gasteiger partial charge in [-0.2, -0.15) is 4.72 Å². The number of carbonyl (C=O) groups excluding carboxylic acids is 3. The van der Waals surface area contributed by atoms with Crippen LogP contribution < -0.4 is 10.0 Å². The van der Waals surface area contributed by atoms with Crippen LogP contribution in [0.5, 0.6) is 0 Å². The minimum absolute atomic E-state index is 0.0372. The van der Waals surface area contributed by atoms with Crippen molar-refractivity contribution in [2.75, 3.05) is 13.1 Å². The molecule has 0 unspecified atom stereocenters. The van der Waals surface area contributed by atoms with Gasteiger partial charge < -0.3 is 4.90 Å². The van der Waals surface area contributed by atoms with E-state index in [-0.39, 0.29) is 18.0 Å². The van der Waals surface area contributed by atoms with Gasteiger partial charge in [0.15, 0.2) is 0 Å². The molecule has 0 radical (unpaired) electrons. The molecule has 2 N–H and O–H groups in total. The van der Waals surface area contributed by atoms with Crippen LogP contribution in [0.2, 0.25) is 0 Å². The Morgan fingerprint density at radius 3 is 2.22 bits per heavy atom. The maximum atomic E-state index is 12.2. The molecule has 8 nitrogen and oxygen atoms in total. The summed E-state index contributed by atoms with van der Waals surface area (Å²) in [5.74, 6) is -1.82. The van der Waals surface area contributed by atoms with Gasteiger partial charge in [0.25, 0.3) is 0 Å². The number of amides is 3. The lowest BCUT2D eigenvalue weighted by atomic mass is 10.2. The van der Waals surface area contributed by atoms with E-state index >= 15 is 0 Å². The summed E-state index contributed by atoms with van der Waals surface area (Å²) >= 11 is 0. The number of nitrogens with one attached hydrogen (secondary N) is 2. The molecule has 1 aliphatic rings. The van der Waals surface area contributed by atoms with Crippen LogP contribution in [0.3, 0.4) is 0 Å². The topological polar surface area (TPSA) is 113 Å². The SMILES string of the molecule is Cc1ccc(S(=O)(=O)N[C@@H](C)C(=O)N2CC(=O)NC(=O)C2)cc1. The largest absolute Gasteiger partial charge is 0.323 e. The zero-order valence-corrected chi connectivity index (χ0v) is 13.5. The van der Waals surface area contributed by atoms with E-state index in [1.165, 1.54) is 19.1 Å². The highest BCUT2D eigenvalue weighted by atomic mass is 32.2. The molecule has 23 heavy (non-hydrogen) atoms. The molecule has 1 atom stereocenters. The third kappa shape index (κ3) is 4.14. The number of imide groups is 1. The number of aryl methyl sites for hydroxylation is 1. The molecular weight excluding hydrogens is 322 g/mol. The van der Waals surface area contributed by atoms with Gasteiger partial charge in [-0.15, -0.1) is 0 Å². The van der Waals surface area contributed by atoms with E-state index in [4.69, 9.17) is 0 Å². The summed E-state index contributed by atoms with van der Waals surface area (Å²) in [5, 5.41) is 2.07. The van der Waals surface area contributed by atoms with Gasteiger partial charge in [-0.3, -0.25) is 19.7 Å². The predicted molar refractivity (Wildman–Crippen MR) is 80.7 cm³/mol. The fraction of sp³-hybridized carbons (Fsp3) is 0.357. The third-order valence-electron chi connectivity index (χ3n) is 3.29. The second-order valence-corrected chi connectivity index (χ2v) is 7.04. The van der Waals surface area contributed by atoms with Crippen molar-refractivity contribution >= 4 is 27.7 Å². The van der Waals surface area contributed by atoms with Crippen LogP contribution in [0.25, 0.3) is 0 Å². The molecule has 1 aromatic carbocycles. The van der Waals surface area contributed by atoms with E-state index in [9.17, 15) is 22.8 Å². The highest BCUT2D eigenvalue weighted by molar-refractivity contribution is 7.89. The number of hydrogen-bond donors (Lipinski definition) is 2. The smallest absolute Gasteiger partial charge is 0.246 e. The van der Waals surface area contributed by atoms with Gasteiger partial charge in [0.2, 0.25) is 27.7 Å². The van der Waals surface area contributed by atoms with E-state index < -0.39 is 33.8 Å². The van der Waals surface area contributed by atoms with Gasteiger partial charge in [-0.25, -0.2) is 8.42 Å². The van der Waals surface area contributed by atoms with Crippen molar-refractivity contribution < 1.29 is 22.8 Å². The summed E-state index contributed by atoms with van der Waals surface area (Å²) < 4.78 is 26.7. The first-order valence-corrected chi connectivity index (χ1v) is 8.38. The van der Waals surface area contributed by atoms with Crippen molar-refractivity contribution in [2.24, 2.45) is 0 Å². The fourth-order valence-electron chi connectivity index (χ4n) is 2.14. The first-order valence-electron chi connectivity index (χ1n) is 6.89. The van der Waals surface area contributed by atoms with Gasteiger partial charge >= 0.3 is 0 Å². The number of piperazine rings is 1. The molecule has 1 aromatic rings. The Labute approximate surface area is 133 Å². The van der Waals surface area contributed by atoms with Crippen LogP contribution in [0, 0.1) is 6.92 Å². The Morgan fingerprint density at radius 1 is 1.17 bits per heavy atom. The Balaban J connectivity index is 2.09. The molecule has 0 saturated carbocycles. The minimum Gasteiger partial charge on any atom is -0.323 e. The number of nitrogens with zero attached hydrogens (tertiary/aromatic N) is 1. The number of rotatable bonds is 4. The number of sulfonamides is 1. The third-order valence-corrected chi connectivity index (χ3v) is 4.85. The summed E-state index contributed by atoms with van der Waals surface area (Å²) in [5.41, 5.74) is 0.908. The van der Waals surface area contributed by atoms with Gasteiger partial charge in [0, 0.05) is 0 Å². The van der Waals surface area contributed by atoms with Crippen LogP contribution in [0.1, 0.15) is 12.5 Å². The highest BCUT2D eigenvalue weighted by Gasteiger charge is 2.31. The van der Waals surface area contributed by atoms with E-state index in [1.807, 2.05) is 6.92 Å². The molecule has 0 aromatic heterocycles. The van der Waals surface area contributed by atoms with Gasteiger partial charge in [-0.05, 0) is 26.0 Å². The van der Waals surface area contributed by atoms with Crippen molar-refractivity contribution in [3.05, 3.63) is 29.8 Å². The van der Waals surface area contributed by atoms with Crippen molar-refractivity contribution in [1.82, 2.24) is 14.9 Å². The summed E-state index contributed by atoms with van der Waals surface area (Å²) in [6, 6.07) is 5.07. The first kappa shape index (κ1) is 17.1. The predicted octanol–water partition coefficient (Wildman–Crippen LogP) is -0.853. The molecule has 1 aliphatic heterocycles. The summed E-state index contributed by atoms with van der Waals surface area (Å²) in [4.78, 5) is 35.8. The standard InChI is InChI=1S/C14H17N3O5S/c1-9-3-5-11(6-4-9)23(21,22)16-10(2)14(20)17-7-12(18)15-13(19)8-17/h3-6,10,16H,7-8H2,1-2H3,(H,15,18,19)/t10-/m0/s1. The average Bonchev–Trinajstić information content (AvgIpc) is 2.45. The van der Waals surface area contributed by atoms with Gasteiger partial charge in [-0.1, -0.05) is 17.7 Å². The Bertz CT molecular complexity index is 726. The average molecular weight is 339 g/mol. The van der Waals surface area contributed by atoms with E-state index in [0.717, 1.165) is 10.5 Å². The quantitative estimate of drug-likeness (QED) is 0.694. The van der Waals surface area contributed by atoms with Gasteiger partial charge in [0.05, 0.1) is 10.9 Å². The second kappa shape index (κ2) is 6.47. The molecule has 2 rings (SSSR count). The Hall–Kier alpha value is -2.26.